The van der Waals surface area contributed by atoms with Crippen LogP contribution in [0.3, 0.4) is 0 Å². The molecule has 2 heterocycles. The third-order valence-electron chi connectivity index (χ3n) is 3.83. The first kappa shape index (κ1) is 15.5. The summed E-state index contributed by atoms with van der Waals surface area (Å²) in [6.07, 6.45) is 1.52. The van der Waals surface area contributed by atoms with Gasteiger partial charge in [0.2, 0.25) is 0 Å². The van der Waals surface area contributed by atoms with Gasteiger partial charge in [-0.2, -0.15) is 5.10 Å². The van der Waals surface area contributed by atoms with Gasteiger partial charge in [-0.25, -0.2) is 0 Å². The van der Waals surface area contributed by atoms with Gasteiger partial charge in [-0.3, -0.25) is 0 Å². The van der Waals surface area contributed by atoms with Crippen LogP contribution in [0, 0.1) is 0 Å². The van der Waals surface area contributed by atoms with Crippen LogP contribution in [0.1, 0.15) is 37.6 Å². The van der Waals surface area contributed by atoms with Crippen LogP contribution in [0.25, 0.3) is 0 Å². The third kappa shape index (κ3) is 2.92. The second kappa shape index (κ2) is 6.71. The number of oxime groups is 1. The molecule has 3 N–H and O–H groups in total. The average Bonchev–Trinajstić information content (AvgIpc) is 2.53. The zero-order valence-electron chi connectivity index (χ0n) is 12.8. The molecule has 1 aliphatic rings. The van der Waals surface area contributed by atoms with Crippen molar-refractivity contribution in [3.63, 3.8) is 0 Å². The van der Waals surface area contributed by atoms with Crippen LogP contribution in [-0.4, -0.2) is 47.0 Å². The fourth-order valence-corrected chi connectivity index (χ4v) is 2.72. The summed E-state index contributed by atoms with van der Waals surface area (Å²) in [5.41, 5.74) is 8.51. The predicted octanol–water partition coefficient (Wildman–Crippen LogP) is 0.921. The minimum Gasteiger partial charge on any atom is -0.409 e. The summed E-state index contributed by atoms with van der Waals surface area (Å²) in [7, 11) is 0. The van der Waals surface area contributed by atoms with Crippen LogP contribution < -0.4 is 10.6 Å². The number of anilines is 1. The SMILES string of the molecule is CCc1nnc(N2CCOCC2C)c(C(N)=NO)c1CC. The lowest BCUT2D eigenvalue weighted by Crippen LogP contribution is -2.45. The van der Waals surface area contributed by atoms with E-state index in [1.54, 1.807) is 0 Å². The molecule has 7 heteroatoms. The first-order valence-corrected chi connectivity index (χ1v) is 7.34. The van der Waals surface area contributed by atoms with Crippen molar-refractivity contribution in [1.82, 2.24) is 10.2 Å². The molecule has 116 valence electrons. The number of morpholine rings is 1. The van der Waals surface area contributed by atoms with Crippen molar-refractivity contribution in [2.75, 3.05) is 24.7 Å². The summed E-state index contributed by atoms with van der Waals surface area (Å²) in [6, 6.07) is 0.176. The molecule has 2 rings (SSSR count). The van der Waals surface area contributed by atoms with Crippen molar-refractivity contribution in [3.8, 4) is 0 Å². The number of hydrogen-bond donors (Lipinski definition) is 2. The van der Waals surface area contributed by atoms with E-state index in [9.17, 15) is 0 Å². The van der Waals surface area contributed by atoms with Crippen LogP contribution in [0.5, 0.6) is 0 Å². The van der Waals surface area contributed by atoms with Gasteiger partial charge in [-0.05, 0) is 25.3 Å². The molecule has 1 saturated heterocycles. The summed E-state index contributed by atoms with van der Waals surface area (Å²) >= 11 is 0. The number of aromatic nitrogens is 2. The van der Waals surface area contributed by atoms with Crippen molar-refractivity contribution in [3.05, 3.63) is 16.8 Å². The van der Waals surface area contributed by atoms with Crippen molar-refractivity contribution >= 4 is 11.7 Å². The second-order valence-electron chi connectivity index (χ2n) is 5.13. The Morgan fingerprint density at radius 1 is 1.43 bits per heavy atom. The van der Waals surface area contributed by atoms with E-state index < -0.39 is 0 Å². The predicted molar refractivity (Wildman–Crippen MR) is 80.9 cm³/mol. The highest BCUT2D eigenvalue weighted by atomic mass is 16.5. The highest BCUT2D eigenvalue weighted by Gasteiger charge is 2.27. The van der Waals surface area contributed by atoms with Gasteiger partial charge in [-0.15, -0.1) is 5.10 Å². The molecule has 0 aliphatic carbocycles. The van der Waals surface area contributed by atoms with E-state index in [0.717, 1.165) is 30.6 Å². The van der Waals surface area contributed by atoms with Gasteiger partial charge in [0.1, 0.15) is 0 Å². The fraction of sp³-hybridized carbons (Fsp3) is 0.643. The van der Waals surface area contributed by atoms with Gasteiger partial charge in [0.25, 0.3) is 0 Å². The van der Waals surface area contributed by atoms with Crippen molar-refractivity contribution in [2.45, 2.75) is 39.7 Å². The Kier molecular flexibility index (Phi) is 4.95. The number of ether oxygens (including phenoxy) is 1. The minimum absolute atomic E-state index is 0.0881. The van der Waals surface area contributed by atoms with E-state index in [0.29, 0.717) is 24.6 Å². The van der Waals surface area contributed by atoms with Crippen molar-refractivity contribution in [2.24, 2.45) is 10.9 Å². The van der Waals surface area contributed by atoms with Crippen molar-refractivity contribution in [1.29, 1.82) is 0 Å². The summed E-state index contributed by atoms with van der Waals surface area (Å²) in [5, 5.41) is 21.0. The molecule has 1 unspecified atom stereocenters. The van der Waals surface area contributed by atoms with E-state index >= 15 is 0 Å². The first-order valence-electron chi connectivity index (χ1n) is 7.34. The van der Waals surface area contributed by atoms with E-state index in [1.165, 1.54) is 0 Å². The lowest BCUT2D eigenvalue weighted by atomic mass is 10.0. The average molecular weight is 293 g/mol. The molecule has 1 aromatic rings. The Bertz CT molecular complexity index is 532. The van der Waals surface area contributed by atoms with Gasteiger partial charge in [0, 0.05) is 6.54 Å². The Labute approximate surface area is 124 Å². The number of amidine groups is 1. The number of rotatable bonds is 4. The standard InChI is InChI=1S/C14H23N5O2/c1-4-10-11(5-2)16-17-14(12(10)13(15)18-20)19-6-7-21-8-9(19)3/h9,20H,4-8H2,1-3H3,(H2,15,18). The number of nitrogens with zero attached hydrogens (tertiary/aromatic N) is 4. The van der Waals surface area contributed by atoms with Gasteiger partial charge in [0.15, 0.2) is 11.7 Å². The molecule has 0 radical (unpaired) electrons. The molecule has 1 aromatic heterocycles. The maximum Gasteiger partial charge on any atom is 0.174 e. The quantitative estimate of drug-likeness (QED) is 0.371. The Morgan fingerprint density at radius 3 is 2.76 bits per heavy atom. The van der Waals surface area contributed by atoms with Crippen LogP contribution in [0.4, 0.5) is 5.82 Å². The highest BCUT2D eigenvalue weighted by molar-refractivity contribution is 6.03. The monoisotopic (exact) mass is 293 g/mol. The Morgan fingerprint density at radius 2 is 2.19 bits per heavy atom. The Balaban J connectivity index is 2.59. The highest BCUT2D eigenvalue weighted by Crippen LogP contribution is 2.26. The van der Waals surface area contributed by atoms with Crippen LogP contribution >= 0.6 is 0 Å². The molecule has 1 fully saturated rings. The lowest BCUT2D eigenvalue weighted by Gasteiger charge is -2.35. The smallest absolute Gasteiger partial charge is 0.174 e. The largest absolute Gasteiger partial charge is 0.409 e. The molecule has 7 nitrogen and oxygen atoms in total. The fourth-order valence-electron chi connectivity index (χ4n) is 2.72. The maximum absolute atomic E-state index is 9.13. The molecule has 1 atom stereocenters. The Hall–Kier alpha value is -1.89. The second-order valence-corrected chi connectivity index (χ2v) is 5.13. The summed E-state index contributed by atoms with van der Waals surface area (Å²) in [5.74, 6) is 0.764. The number of nitrogens with two attached hydrogens (primary N) is 1. The van der Waals surface area contributed by atoms with E-state index in [1.807, 2.05) is 13.8 Å². The van der Waals surface area contributed by atoms with Crippen LogP contribution in [0.2, 0.25) is 0 Å². The molecule has 0 spiro atoms. The van der Waals surface area contributed by atoms with E-state index in [-0.39, 0.29) is 11.9 Å². The molecule has 0 amide bonds. The molecular weight excluding hydrogens is 270 g/mol. The zero-order chi connectivity index (χ0) is 15.4. The van der Waals surface area contributed by atoms with Crippen LogP contribution in [0.15, 0.2) is 5.16 Å². The molecule has 21 heavy (non-hydrogen) atoms. The summed E-state index contributed by atoms with van der Waals surface area (Å²) in [6.45, 7) is 8.12. The maximum atomic E-state index is 9.13. The van der Waals surface area contributed by atoms with Crippen molar-refractivity contribution < 1.29 is 9.94 Å². The molecular formula is C14H23N5O2. The molecule has 0 bridgehead atoms. The normalized spacial score (nSPS) is 19.9. The van der Waals surface area contributed by atoms with Gasteiger partial charge >= 0.3 is 0 Å². The summed E-state index contributed by atoms with van der Waals surface area (Å²) in [4.78, 5) is 2.11. The summed E-state index contributed by atoms with van der Waals surface area (Å²) < 4.78 is 5.46. The molecule has 1 aliphatic heterocycles. The van der Waals surface area contributed by atoms with E-state index in [4.69, 9.17) is 15.7 Å². The lowest BCUT2D eigenvalue weighted by molar-refractivity contribution is 0.0984. The third-order valence-corrected chi connectivity index (χ3v) is 3.83. The van der Waals surface area contributed by atoms with Crippen LogP contribution in [-0.2, 0) is 17.6 Å². The minimum atomic E-state index is 0.0881. The molecule has 0 aromatic carbocycles. The molecule has 0 saturated carbocycles. The van der Waals surface area contributed by atoms with Gasteiger partial charge in [0.05, 0.1) is 30.5 Å². The number of aryl methyl sites for hydroxylation is 1. The zero-order valence-corrected chi connectivity index (χ0v) is 12.8. The van der Waals surface area contributed by atoms with Gasteiger partial charge in [-0.1, -0.05) is 19.0 Å². The number of hydrogen-bond acceptors (Lipinski definition) is 6. The van der Waals surface area contributed by atoms with E-state index in [2.05, 4.69) is 27.2 Å². The topological polar surface area (TPSA) is 96.9 Å². The van der Waals surface area contributed by atoms with Gasteiger partial charge < -0.3 is 20.6 Å². The first-order chi connectivity index (χ1) is 10.1.